The van der Waals surface area contributed by atoms with Crippen molar-refractivity contribution in [2.24, 2.45) is 0 Å². The fourth-order valence-corrected chi connectivity index (χ4v) is 2.64. The molecule has 0 aliphatic carbocycles. The fraction of sp³-hybridized carbons (Fsp3) is 0.200. The Morgan fingerprint density at radius 1 is 0.765 bits per heavy atom. The Kier molecular flexibility index (Phi) is 3.36. The minimum absolute atomic E-state index is 0. The van der Waals surface area contributed by atoms with Crippen molar-refractivity contribution in [3.63, 3.8) is 0 Å². The Labute approximate surface area is 113 Å². The normalized spacial score (nSPS) is 16.1. The van der Waals surface area contributed by atoms with Gasteiger partial charge in [-0.3, -0.25) is 4.48 Å². The molecule has 1 aliphatic heterocycles. The first-order valence-corrected chi connectivity index (χ1v) is 5.75. The summed E-state index contributed by atoms with van der Waals surface area (Å²) in [5, 5.41) is 0. The summed E-state index contributed by atoms with van der Waals surface area (Å²) in [5.41, 5.74) is 4.39. The second-order valence-electron chi connectivity index (χ2n) is 4.82. The Morgan fingerprint density at radius 2 is 1.24 bits per heavy atom. The molecule has 0 unspecified atom stereocenters. The maximum Gasteiger partial charge on any atom is 0.133 e. The van der Waals surface area contributed by atoms with Crippen LogP contribution in [0.2, 0.25) is 0 Å². The molecule has 17 heavy (non-hydrogen) atoms. The molecular formula is C15H17BrN+. The number of halogens is 1. The van der Waals surface area contributed by atoms with Crippen molar-refractivity contribution in [3.8, 4) is 0 Å². The number of para-hydroxylation sites is 1. The largest absolute Gasteiger partial charge is 0.286 e. The number of benzene rings is 2. The van der Waals surface area contributed by atoms with Gasteiger partial charge in [-0.05, 0) is 12.1 Å². The van der Waals surface area contributed by atoms with E-state index in [2.05, 4.69) is 61.6 Å². The molecule has 88 valence electrons. The van der Waals surface area contributed by atoms with Crippen LogP contribution >= 0.6 is 17.0 Å². The zero-order valence-corrected chi connectivity index (χ0v) is 11.7. The highest BCUT2D eigenvalue weighted by Crippen LogP contribution is 2.33. The van der Waals surface area contributed by atoms with Gasteiger partial charge in [0.05, 0.1) is 7.05 Å². The van der Waals surface area contributed by atoms with E-state index in [9.17, 15) is 0 Å². The van der Waals surface area contributed by atoms with E-state index >= 15 is 0 Å². The third-order valence-electron chi connectivity index (χ3n) is 3.54. The minimum atomic E-state index is 0. The number of quaternary nitrogens is 1. The first-order chi connectivity index (χ1) is 7.78. The van der Waals surface area contributed by atoms with Crippen molar-refractivity contribution >= 4 is 22.7 Å². The molecule has 0 radical (unpaired) electrons. The Bertz CT molecular complexity index is 482. The second kappa shape index (κ2) is 4.63. The van der Waals surface area contributed by atoms with Gasteiger partial charge in [-0.2, -0.15) is 0 Å². The van der Waals surface area contributed by atoms with Crippen molar-refractivity contribution in [2.75, 3.05) is 7.05 Å². The van der Waals surface area contributed by atoms with Gasteiger partial charge in [-0.1, -0.05) is 42.5 Å². The second-order valence-corrected chi connectivity index (χ2v) is 4.82. The van der Waals surface area contributed by atoms with Crippen LogP contribution in [0.1, 0.15) is 11.1 Å². The lowest BCUT2D eigenvalue weighted by molar-refractivity contribution is 0.345. The topological polar surface area (TPSA) is 0 Å². The predicted molar refractivity (Wildman–Crippen MR) is 78.3 cm³/mol. The van der Waals surface area contributed by atoms with Crippen LogP contribution < -0.4 is 4.48 Å². The Balaban J connectivity index is 0.00000108. The summed E-state index contributed by atoms with van der Waals surface area (Å²) in [5.74, 6) is 0. The summed E-state index contributed by atoms with van der Waals surface area (Å²) in [6.45, 7) is 2.22. The van der Waals surface area contributed by atoms with Gasteiger partial charge < -0.3 is 0 Å². The molecule has 2 aromatic carbocycles. The predicted octanol–water partition coefficient (Wildman–Crippen LogP) is 3.92. The van der Waals surface area contributed by atoms with E-state index in [0.29, 0.717) is 0 Å². The number of fused-ring (bicyclic) bond motifs is 1. The molecule has 0 fully saturated rings. The Hall–Kier alpha value is -1.12. The molecule has 1 nitrogen and oxygen atoms in total. The van der Waals surface area contributed by atoms with Crippen molar-refractivity contribution in [3.05, 3.63) is 65.7 Å². The van der Waals surface area contributed by atoms with Gasteiger partial charge in [0, 0.05) is 11.1 Å². The SMILES string of the molecule is Br.C[N+]1(c2ccccc2)Cc2ccccc2C1. The van der Waals surface area contributed by atoms with Crippen LogP contribution in [0.4, 0.5) is 5.69 Å². The maximum absolute atomic E-state index is 2.31. The average molecular weight is 291 g/mol. The zero-order chi connectivity index (χ0) is 11.0. The van der Waals surface area contributed by atoms with Gasteiger partial charge in [0.2, 0.25) is 0 Å². The molecule has 0 saturated carbocycles. The van der Waals surface area contributed by atoms with Crippen molar-refractivity contribution in [1.29, 1.82) is 0 Å². The van der Waals surface area contributed by atoms with E-state index < -0.39 is 0 Å². The monoisotopic (exact) mass is 290 g/mol. The summed E-state index contributed by atoms with van der Waals surface area (Å²) in [4.78, 5) is 0. The van der Waals surface area contributed by atoms with E-state index in [1.165, 1.54) is 16.8 Å². The molecule has 0 bridgehead atoms. The van der Waals surface area contributed by atoms with Crippen molar-refractivity contribution < 1.29 is 0 Å². The van der Waals surface area contributed by atoms with Crippen LogP contribution in [-0.2, 0) is 13.1 Å². The summed E-state index contributed by atoms with van der Waals surface area (Å²) in [6.07, 6.45) is 0. The smallest absolute Gasteiger partial charge is 0.133 e. The molecule has 1 aliphatic rings. The first kappa shape index (κ1) is 12.3. The van der Waals surface area contributed by atoms with Crippen molar-refractivity contribution in [2.45, 2.75) is 13.1 Å². The molecule has 2 heteroatoms. The first-order valence-electron chi connectivity index (χ1n) is 5.75. The molecule has 0 aromatic heterocycles. The highest BCUT2D eigenvalue weighted by atomic mass is 79.9. The highest BCUT2D eigenvalue weighted by Gasteiger charge is 2.33. The third-order valence-corrected chi connectivity index (χ3v) is 3.54. The van der Waals surface area contributed by atoms with Crippen LogP contribution in [0, 0.1) is 0 Å². The molecule has 0 spiro atoms. The van der Waals surface area contributed by atoms with Crippen molar-refractivity contribution in [1.82, 2.24) is 4.48 Å². The fourth-order valence-electron chi connectivity index (χ4n) is 2.64. The lowest BCUT2D eigenvalue weighted by Gasteiger charge is -2.28. The molecule has 1 heterocycles. The van der Waals surface area contributed by atoms with E-state index in [1.807, 2.05) is 0 Å². The standard InChI is InChI=1S/C15H16N.BrH/c1-16(15-9-3-2-4-10-15)11-13-7-5-6-8-14(13)12-16;/h2-10H,11-12H2,1H3;1H/q+1;. The summed E-state index contributed by atoms with van der Waals surface area (Å²) in [6, 6.07) is 19.6. The molecular weight excluding hydrogens is 274 g/mol. The highest BCUT2D eigenvalue weighted by molar-refractivity contribution is 8.93. The molecule has 0 N–H and O–H groups in total. The van der Waals surface area contributed by atoms with Gasteiger partial charge >= 0.3 is 0 Å². The molecule has 0 saturated heterocycles. The minimum Gasteiger partial charge on any atom is -0.286 e. The summed E-state index contributed by atoms with van der Waals surface area (Å²) >= 11 is 0. The summed E-state index contributed by atoms with van der Waals surface area (Å²) in [7, 11) is 2.31. The molecule has 3 rings (SSSR count). The molecule has 0 atom stereocenters. The van der Waals surface area contributed by atoms with Gasteiger partial charge in [0.25, 0.3) is 0 Å². The maximum atomic E-state index is 2.31. The van der Waals surface area contributed by atoms with Gasteiger partial charge in [-0.25, -0.2) is 0 Å². The summed E-state index contributed by atoms with van der Waals surface area (Å²) < 4.78 is 1.00. The van der Waals surface area contributed by atoms with Crippen LogP contribution in [0.25, 0.3) is 0 Å². The number of nitrogens with zero attached hydrogens (tertiary/aromatic N) is 1. The quantitative estimate of drug-likeness (QED) is 0.699. The number of hydrogen-bond acceptors (Lipinski definition) is 0. The zero-order valence-electron chi connectivity index (χ0n) is 9.97. The van der Waals surface area contributed by atoms with Gasteiger partial charge in [-0.15, -0.1) is 17.0 Å². The van der Waals surface area contributed by atoms with E-state index in [0.717, 1.165) is 17.6 Å². The lowest BCUT2D eigenvalue weighted by Crippen LogP contribution is -2.38. The van der Waals surface area contributed by atoms with E-state index in [-0.39, 0.29) is 17.0 Å². The van der Waals surface area contributed by atoms with Crippen LogP contribution in [0.15, 0.2) is 54.6 Å². The van der Waals surface area contributed by atoms with Gasteiger partial charge in [0.1, 0.15) is 18.8 Å². The van der Waals surface area contributed by atoms with E-state index in [4.69, 9.17) is 0 Å². The molecule has 2 aromatic rings. The number of rotatable bonds is 1. The van der Waals surface area contributed by atoms with Crippen LogP contribution in [0.3, 0.4) is 0 Å². The van der Waals surface area contributed by atoms with Crippen LogP contribution in [-0.4, -0.2) is 7.05 Å². The van der Waals surface area contributed by atoms with E-state index in [1.54, 1.807) is 0 Å². The van der Waals surface area contributed by atoms with Crippen LogP contribution in [0.5, 0.6) is 0 Å². The lowest BCUT2D eigenvalue weighted by atomic mass is 10.1. The number of hydrogen-bond donors (Lipinski definition) is 0. The third kappa shape index (κ3) is 2.15. The van der Waals surface area contributed by atoms with Gasteiger partial charge in [0.15, 0.2) is 0 Å². The average Bonchev–Trinajstić information content (AvgIpc) is 2.68. The molecule has 0 amide bonds. The Morgan fingerprint density at radius 3 is 1.76 bits per heavy atom.